The Bertz CT molecular complexity index is 968. The number of allylic oxidation sites excluding steroid dienone is 2. The summed E-state index contributed by atoms with van der Waals surface area (Å²) in [7, 11) is 4.92. The molecule has 9 heteroatoms. The number of nitrogens with zero attached hydrogens (tertiary/aromatic N) is 4. The number of aliphatic hydroxyl groups excluding tert-OH is 2. The lowest BCUT2D eigenvalue weighted by molar-refractivity contribution is -0.140. The monoisotopic (exact) mass is 501 g/mol. The number of rotatable bonds is 9. The Morgan fingerprint density at radius 3 is 2.56 bits per heavy atom. The van der Waals surface area contributed by atoms with Gasteiger partial charge < -0.3 is 19.7 Å². The Labute approximate surface area is 214 Å². The van der Waals surface area contributed by atoms with Gasteiger partial charge in [0.25, 0.3) is 13.1 Å². The highest BCUT2D eigenvalue weighted by Crippen LogP contribution is 2.33. The lowest BCUT2D eigenvalue weighted by Crippen LogP contribution is -2.51. The van der Waals surface area contributed by atoms with Crippen molar-refractivity contribution in [3.05, 3.63) is 40.0 Å². The van der Waals surface area contributed by atoms with Gasteiger partial charge in [-0.2, -0.15) is 0 Å². The van der Waals surface area contributed by atoms with Gasteiger partial charge in [-0.3, -0.25) is 19.6 Å². The van der Waals surface area contributed by atoms with Crippen LogP contribution in [-0.2, 0) is 14.3 Å². The molecule has 5 atom stereocenters. The third-order valence-electron chi connectivity index (χ3n) is 7.16. The molecule has 2 saturated heterocycles. The summed E-state index contributed by atoms with van der Waals surface area (Å²) in [4.78, 5) is 24.7. The molecule has 2 heterocycles. The molecule has 2 N–H and O–H groups in total. The third-order valence-corrected chi connectivity index (χ3v) is 7.16. The molecule has 0 amide bonds. The number of carbonyl (C=O) groups is 1. The molecule has 0 aromatic heterocycles. The zero-order chi connectivity index (χ0) is 26.2. The maximum Gasteiger partial charge on any atom is 0.313 e. The Morgan fingerprint density at radius 1 is 1.28 bits per heavy atom. The van der Waals surface area contributed by atoms with Crippen LogP contribution in [0.3, 0.4) is 0 Å². The molecule has 2 aliphatic heterocycles. The lowest BCUT2D eigenvalue weighted by atomic mass is 9.94. The second-order valence-electron chi connectivity index (χ2n) is 9.86. The van der Waals surface area contributed by atoms with Gasteiger partial charge in [-0.05, 0) is 25.8 Å². The van der Waals surface area contributed by atoms with Gasteiger partial charge in [0.05, 0.1) is 31.5 Å². The topological polar surface area (TPSA) is 99.2 Å². The fourth-order valence-corrected chi connectivity index (χ4v) is 5.07. The van der Waals surface area contributed by atoms with E-state index < -0.39 is 12.2 Å². The van der Waals surface area contributed by atoms with Gasteiger partial charge in [-0.1, -0.05) is 22.6 Å². The van der Waals surface area contributed by atoms with E-state index in [0.717, 1.165) is 37.3 Å². The fraction of sp³-hybridized carbons (Fsp3) is 0.667. The van der Waals surface area contributed by atoms with Gasteiger partial charge in [0.2, 0.25) is 0 Å². The first kappa shape index (κ1) is 28.1. The Hall–Kier alpha value is -2.51. The first-order valence-corrected chi connectivity index (χ1v) is 12.7. The van der Waals surface area contributed by atoms with Crippen molar-refractivity contribution in [2.45, 2.75) is 32.5 Å². The molecule has 0 radical (unpaired) electrons. The molecule has 0 bridgehead atoms. The number of ether oxygens (including phenoxy) is 2. The third kappa shape index (κ3) is 7.26. The van der Waals surface area contributed by atoms with E-state index in [-0.39, 0.29) is 23.7 Å². The van der Waals surface area contributed by atoms with E-state index >= 15 is 0 Å². The molecule has 198 valence electrons. The van der Waals surface area contributed by atoms with Gasteiger partial charge >= 0.3 is 5.97 Å². The van der Waals surface area contributed by atoms with E-state index in [2.05, 4.69) is 31.8 Å². The number of fused-ring (bicyclic) bond motifs is 1. The largest absolute Gasteiger partial charge is 0.499 e. The van der Waals surface area contributed by atoms with Crippen LogP contribution in [0.2, 0.25) is 0 Å². The van der Waals surface area contributed by atoms with Gasteiger partial charge in [-0.15, -0.1) is 0 Å². The van der Waals surface area contributed by atoms with Crippen LogP contribution >= 0.6 is 0 Å². The van der Waals surface area contributed by atoms with Crippen LogP contribution in [0.25, 0.3) is 4.85 Å². The number of carbonyl (C=O) groups excluding carboxylic acids is 1. The summed E-state index contributed by atoms with van der Waals surface area (Å²) in [5.41, 5.74) is 2.63. The Morgan fingerprint density at radius 2 is 1.94 bits per heavy atom. The second-order valence-corrected chi connectivity index (χ2v) is 9.86. The minimum Gasteiger partial charge on any atom is -0.499 e. The molecule has 3 aliphatic rings. The minimum absolute atomic E-state index is 0.00942. The minimum atomic E-state index is -0.738. The normalized spacial score (nSPS) is 26.5. The molecule has 0 saturated carbocycles. The zero-order valence-electron chi connectivity index (χ0n) is 22.2. The van der Waals surface area contributed by atoms with E-state index in [1.54, 1.807) is 27.3 Å². The lowest BCUT2D eigenvalue weighted by Gasteiger charge is -2.36. The number of piperazine rings is 1. The average molecular weight is 502 g/mol. The molecule has 5 unspecified atom stereocenters. The standard InChI is InChI=1S/C27H41N4O5/c1-18-10-20(12-21-17-36-27(34)22(21)11-18)24(32)15-30-6-8-31(9-7-30)16-25(33)23(29-4)13-26(35-5)19(2)14-28-3/h11-13,19,21-22,24-25,32-33H,6-10,15-17H2,1-5H3/q+1. The van der Waals surface area contributed by atoms with Crippen molar-refractivity contribution in [1.82, 2.24) is 9.80 Å². The molecule has 2 fully saturated rings. The van der Waals surface area contributed by atoms with E-state index in [1.807, 2.05) is 19.9 Å². The molecule has 3 rings (SSSR count). The van der Waals surface area contributed by atoms with Gasteiger partial charge in [0.1, 0.15) is 17.8 Å². The molecule has 0 aromatic rings. The van der Waals surface area contributed by atoms with E-state index in [4.69, 9.17) is 9.47 Å². The molecular formula is C27H41N4O5+. The summed E-state index contributed by atoms with van der Waals surface area (Å²) < 4.78 is 10.7. The fourth-order valence-electron chi connectivity index (χ4n) is 5.07. The summed E-state index contributed by atoms with van der Waals surface area (Å²) in [6.45, 7) is 8.54. The SMILES string of the molecule is CN=C(C=C(OC)C(C)C#[N+]C)C(O)CN1CCN(CC(O)C2=CC3COC(=O)C3C=C(C)C2)CC1. The number of hydrogen-bond donors (Lipinski definition) is 2. The predicted molar refractivity (Wildman–Crippen MR) is 140 cm³/mol. The number of hydrogen-bond acceptors (Lipinski definition) is 8. The second kappa shape index (κ2) is 13.2. The molecule has 36 heavy (non-hydrogen) atoms. The number of β-amino-alcohol motifs (C(OH)–C–C–N with tert-alkyl or cyclic N) is 2. The van der Waals surface area contributed by atoms with E-state index in [0.29, 0.717) is 37.6 Å². The van der Waals surface area contributed by atoms with Crippen molar-refractivity contribution in [1.29, 1.82) is 0 Å². The summed E-state index contributed by atoms with van der Waals surface area (Å²) in [6, 6.07) is 2.94. The molecular weight excluding hydrogens is 460 g/mol. The molecule has 0 aromatic carbocycles. The van der Waals surface area contributed by atoms with Crippen molar-refractivity contribution < 1.29 is 24.5 Å². The number of cyclic esters (lactones) is 1. The Kier molecular flexibility index (Phi) is 10.3. The van der Waals surface area contributed by atoms with Crippen molar-refractivity contribution in [3.63, 3.8) is 0 Å². The van der Waals surface area contributed by atoms with Crippen LogP contribution in [0.4, 0.5) is 0 Å². The predicted octanol–water partition coefficient (Wildman–Crippen LogP) is 1.59. The number of methoxy groups -OCH3 is 1. The maximum absolute atomic E-state index is 12.0. The highest BCUT2D eigenvalue weighted by molar-refractivity contribution is 5.99. The molecule has 0 spiro atoms. The van der Waals surface area contributed by atoms with Gasteiger partial charge in [-0.25, -0.2) is 0 Å². The maximum atomic E-state index is 12.0. The van der Waals surface area contributed by atoms with E-state index in [9.17, 15) is 15.0 Å². The molecule has 9 nitrogen and oxygen atoms in total. The van der Waals surface area contributed by atoms with Gasteiger partial charge in [0, 0.05) is 58.3 Å². The first-order valence-electron chi connectivity index (χ1n) is 12.7. The number of esters is 1. The van der Waals surface area contributed by atoms with Crippen molar-refractivity contribution >= 4 is 11.7 Å². The first-order chi connectivity index (χ1) is 17.2. The summed E-state index contributed by atoms with van der Waals surface area (Å²) in [5.74, 6) is 0.135. The quantitative estimate of drug-likeness (QED) is 0.214. The highest BCUT2D eigenvalue weighted by Gasteiger charge is 2.36. The smallest absolute Gasteiger partial charge is 0.313 e. The highest BCUT2D eigenvalue weighted by atomic mass is 16.5. The van der Waals surface area contributed by atoms with Crippen LogP contribution < -0.4 is 0 Å². The van der Waals surface area contributed by atoms with Crippen molar-refractivity contribution in [2.75, 3.05) is 67.1 Å². The number of aliphatic hydroxyl groups is 2. The van der Waals surface area contributed by atoms with Gasteiger partial charge in [0.15, 0.2) is 0 Å². The summed E-state index contributed by atoms with van der Waals surface area (Å²) in [6.07, 6.45) is 5.18. The number of aliphatic imine (C=N–C) groups is 1. The summed E-state index contributed by atoms with van der Waals surface area (Å²) >= 11 is 0. The van der Waals surface area contributed by atoms with E-state index in [1.165, 1.54) is 0 Å². The van der Waals surface area contributed by atoms with Crippen molar-refractivity contribution in [2.24, 2.45) is 22.7 Å². The van der Waals surface area contributed by atoms with Crippen LogP contribution in [0.15, 0.2) is 40.1 Å². The van der Waals surface area contributed by atoms with Crippen LogP contribution in [0.5, 0.6) is 0 Å². The van der Waals surface area contributed by atoms with Crippen molar-refractivity contribution in [3.8, 4) is 6.07 Å². The van der Waals surface area contributed by atoms with Crippen LogP contribution in [0.1, 0.15) is 20.3 Å². The summed E-state index contributed by atoms with van der Waals surface area (Å²) in [5, 5.41) is 21.8. The molecule has 1 aliphatic carbocycles. The average Bonchev–Trinajstić information content (AvgIpc) is 3.08. The zero-order valence-corrected chi connectivity index (χ0v) is 22.2. The Balaban J connectivity index is 1.51. The van der Waals surface area contributed by atoms with Crippen LogP contribution in [-0.4, -0.2) is 111 Å². The van der Waals surface area contributed by atoms with Crippen LogP contribution in [0, 0.1) is 23.8 Å².